The van der Waals surface area contributed by atoms with Gasteiger partial charge in [0.05, 0.1) is 16.6 Å². The van der Waals surface area contributed by atoms with Crippen LogP contribution in [0.15, 0.2) is 30.6 Å². The number of fused-ring (bicyclic) bond motifs is 2. The number of alkyl halides is 2. The van der Waals surface area contributed by atoms with Crippen LogP contribution in [0.4, 0.5) is 13.2 Å². The fourth-order valence-corrected chi connectivity index (χ4v) is 6.00. The molecule has 0 aliphatic carbocycles. The average molecular weight is 499 g/mol. The van der Waals surface area contributed by atoms with Crippen LogP contribution in [-0.2, 0) is 34.1 Å². The topological polar surface area (TPSA) is 52.4 Å². The fraction of sp³-hybridized carbons (Fsp3) is 0.455. The average Bonchev–Trinajstić information content (AvgIpc) is 3.38. The van der Waals surface area contributed by atoms with Crippen molar-refractivity contribution in [3.05, 3.63) is 62.4 Å². The van der Waals surface area contributed by atoms with Gasteiger partial charge in [0.15, 0.2) is 11.6 Å². The highest BCUT2D eigenvalue weighted by atomic mass is 35.5. The first-order chi connectivity index (χ1) is 15.8. The van der Waals surface area contributed by atoms with Crippen molar-refractivity contribution < 1.29 is 22.6 Å². The highest BCUT2D eigenvalue weighted by Crippen LogP contribution is 2.52. The Kier molecular flexibility index (Phi) is 5.98. The quantitative estimate of drug-likeness (QED) is 0.502. The second-order valence-corrected chi connectivity index (χ2v) is 10.0. The number of pyridine rings is 1. The summed E-state index contributed by atoms with van der Waals surface area (Å²) >= 11 is 7.28. The predicted molar refractivity (Wildman–Crippen MR) is 117 cm³/mol. The normalized spacial score (nSPS) is 19.7. The first-order valence-electron chi connectivity index (χ1n) is 10.5. The molecular formula is C22H22ClF3N4O2S. The van der Waals surface area contributed by atoms with E-state index in [0.29, 0.717) is 47.4 Å². The maximum absolute atomic E-state index is 14.4. The van der Waals surface area contributed by atoms with Crippen LogP contribution in [0.1, 0.15) is 34.5 Å². The number of halogens is 4. The van der Waals surface area contributed by atoms with Crippen LogP contribution in [0.5, 0.6) is 0 Å². The molecule has 0 radical (unpaired) electrons. The molecule has 5 heterocycles. The number of ether oxygens (including phenoxy) is 2. The molecule has 0 N–H and O–H groups in total. The molecule has 0 saturated carbocycles. The Balaban J connectivity index is 1.34. The molecule has 2 aliphatic rings. The van der Waals surface area contributed by atoms with E-state index < -0.39 is 23.9 Å². The minimum atomic E-state index is -3.02. The van der Waals surface area contributed by atoms with Crippen LogP contribution in [0.3, 0.4) is 0 Å². The lowest BCUT2D eigenvalue weighted by atomic mass is 9.84. The predicted octanol–water partition coefficient (Wildman–Crippen LogP) is 4.88. The van der Waals surface area contributed by atoms with Crippen LogP contribution >= 0.6 is 22.9 Å². The van der Waals surface area contributed by atoms with Crippen LogP contribution in [0, 0.1) is 5.82 Å². The summed E-state index contributed by atoms with van der Waals surface area (Å²) in [6.45, 7) is 1.51. The van der Waals surface area contributed by atoms with Gasteiger partial charge in [-0.15, -0.1) is 11.3 Å². The number of nitrogens with zero attached hydrogens (tertiary/aromatic N) is 4. The Morgan fingerprint density at radius 2 is 2.09 bits per heavy atom. The largest absolute Gasteiger partial charge is 0.378 e. The van der Waals surface area contributed by atoms with E-state index in [1.807, 2.05) is 0 Å². The molecule has 2 aliphatic heterocycles. The summed E-state index contributed by atoms with van der Waals surface area (Å²) in [5.74, 6) is -3.37. The molecule has 176 valence electrons. The molecule has 0 unspecified atom stereocenters. The minimum absolute atomic E-state index is 0.00163. The highest BCUT2D eigenvalue weighted by Gasteiger charge is 2.51. The van der Waals surface area contributed by atoms with Gasteiger partial charge in [-0.1, -0.05) is 11.6 Å². The third-order valence-electron chi connectivity index (χ3n) is 6.21. The number of piperidine rings is 1. The molecule has 6 nitrogen and oxygen atoms in total. The van der Waals surface area contributed by atoms with Gasteiger partial charge in [-0.05, 0) is 31.0 Å². The lowest BCUT2D eigenvalue weighted by molar-refractivity contribution is -0.182. The Morgan fingerprint density at radius 3 is 2.82 bits per heavy atom. The van der Waals surface area contributed by atoms with Gasteiger partial charge >= 0.3 is 0 Å². The van der Waals surface area contributed by atoms with Gasteiger partial charge in [0.25, 0.3) is 5.92 Å². The van der Waals surface area contributed by atoms with Gasteiger partial charge in [-0.3, -0.25) is 4.90 Å². The molecular weight excluding hydrogens is 477 g/mol. The first kappa shape index (κ1) is 22.8. The van der Waals surface area contributed by atoms with Crippen molar-refractivity contribution >= 4 is 22.9 Å². The number of hydrogen-bond donors (Lipinski definition) is 0. The Bertz CT molecular complexity index is 1160. The molecule has 0 aromatic carbocycles. The maximum Gasteiger partial charge on any atom is 0.297 e. The second-order valence-electron chi connectivity index (χ2n) is 8.34. The van der Waals surface area contributed by atoms with Gasteiger partial charge < -0.3 is 9.47 Å². The van der Waals surface area contributed by atoms with E-state index in [1.165, 1.54) is 40.4 Å². The zero-order valence-corrected chi connectivity index (χ0v) is 19.4. The minimum Gasteiger partial charge on any atom is -0.378 e. The zero-order chi connectivity index (χ0) is 23.2. The van der Waals surface area contributed by atoms with E-state index in [0.717, 1.165) is 5.56 Å². The molecule has 3 aromatic rings. The van der Waals surface area contributed by atoms with Crippen molar-refractivity contribution in [2.24, 2.45) is 0 Å². The Morgan fingerprint density at radius 1 is 1.30 bits per heavy atom. The number of thiophene rings is 1. The van der Waals surface area contributed by atoms with E-state index in [9.17, 15) is 13.2 Å². The molecule has 5 rings (SSSR count). The van der Waals surface area contributed by atoms with Crippen molar-refractivity contribution in [3.63, 3.8) is 0 Å². The summed E-state index contributed by atoms with van der Waals surface area (Å²) in [5, 5.41) is 4.47. The molecule has 1 spiro atoms. The smallest absolute Gasteiger partial charge is 0.297 e. The maximum atomic E-state index is 14.4. The third kappa shape index (κ3) is 4.19. The van der Waals surface area contributed by atoms with Crippen LogP contribution in [-0.4, -0.2) is 46.5 Å². The molecule has 11 heteroatoms. The van der Waals surface area contributed by atoms with E-state index in [-0.39, 0.29) is 18.0 Å². The van der Waals surface area contributed by atoms with Crippen LogP contribution < -0.4 is 0 Å². The van der Waals surface area contributed by atoms with Gasteiger partial charge in [-0.2, -0.15) is 13.9 Å². The summed E-state index contributed by atoms with van der Waals surface area (Å²) in [6.07, 6.45) is 4.43. The Hall–Kier alpha value is -1.98. The molecule has 0 bridgehead atoms. The van der Waals surface area contributed by atoms with Crippen LogP contribution in [0.25, 0.3) is 5.82 Å². The second kappa shape index (κ2) is 8.66. The standard InChI is InChI=1S/C22H22ClF3N4O2S/c1-31-12-17-14(11-30(28-17)20-16(24)3-2-6-27-20)10-29-7-4-21(5-8-29)19-15(9-18(23)33-19)22(25,26)13-32-21/h2-3,6,9,11H,4-5,7-8,10,12-13H2,1H3. The van der Waals surface area contributed by atoms with Gasteiger partial charge in [0, 0.05) is 55.1 Å². The Labute approximate surface area is 197 Å². The first-order valence-corrected chi connectivity index (χ1v) is 11.7. The SMILES string of the molecule is COCc1nn(-c2ncccc2F)cc1CN1CCC2(CC1)OCC(F)(F)c1cc(Cl)sc12. The molecule has 0 atom stereocenters. The third-order valence-corrected chi connectivity index (χ3v) is 7.66. The molecule has 3 aromatic heterocycles. The molecule has 1 fully saturated rings. The fourth-order valence-electron chi connectivity index (χ4n) is 4.52. The van der Waals surface area contributed by atoms with Crippen molar-refractivity contribution in [2.45, 2.75) is 37.5 Å². The van der Waals surface area contributed by atoms with E-state index in [4.69, 9.17) is 21.1 Å². The zero-order valence-electron chi connectivity index (χ0n) is 17.9. The van der Waals surface area contributed by atoms with E-state index in [1.54, 1.807) is 13.3 Å². The van der Waals surface area contributed by atoms with E-state index in [2.05, 4.69) is 15.0 Å². The van der Waals surface area contributed by atoms with Crippen molar-refractivity contribution in [1.29, 1.82) is 0 Å². The number of rotatable bonds is 5. The number of methoxy groups -OCH3 is 1. The highest BCUT2D eigenvalue weighted by molar-refractivity contribution is 7.16. The van der Waals surface area contributed by atoms with Gasteiger partial charge in [0.2, 0.25) is 0 Å². The number of aromatic nitrogens is 3. The monoisotopic (exact) mass is 498 g/mol. The molecule has 0 amide bonds. The number of hydrogen-bond acceptors (Lipinski definition) is 6. The summed E-state index contributed by atoms with van der Waals surface area (Å²) in [5.41, 5.74) is 0.859. The summed E-state index contributed by atoms with van der Waals surface area (Å²) < 4.78 is 55.8. The van der Waals surface area contributed by atoms with Gasteiger partial charge in [-0.25, -0.2) is 14.1 Å². The molecule has 33 heavy (non-hydrogen) atoms. The van der Waals surface area contributed by atoms with Crippen molar-refractivity contribution in [2.75, 3.05) is 26.8 Å². The summed E-state index contributed by atoms with van der Waals surface area (Å²) in [7, 11) is 1.58. The van der Waals surface area contributed by atoms with Gasteiger partial charge in [0.1, 0.15) is 12.2 Å². The van der Waals surface area contributed by atoms with Crippen molar-refractivity contribution in [1.82, 2.24) is 19.7 Å². The number of likely N-dealkylation sites (tertiary alicyclic amines) is 1. The summed E-state index contributed by atoms with van der Waals surface area (Å²) in [4.78, 5) is 6.84. The van der Waals surface area contributed by atoms with Crippen molar-refractivity contribution in [3.8, 4) is 5.82 Å². The molecule has 1 saturated heterocycles. The van der Waals surface area contributed by atoms with E-state index >= 15 is 0 Å². The lowest BCUT2D eigenvalue weighted by Crippen LogP contribution is -2.48. The lowest BCUT2D eigenvalue weighted by Gasteiger charge is -2.45. The van der Waals surface area contributed by atoms with Crippen LogP contribution in [0.2, 0.25) is 4.34 Å². The summed E-state index contributed by atoms with van der Waals surface area (Å²) in [6, 6.07) is 4.24.